The molecule has 0 radical (unpaired) electrons. The number of amides is 1. The van der Waals surface area contributed by atoms with E-state index in [0.29, 0.717) is 0 Å². The molecule has 0 saturated heterocycles. The van der Waals surface area contributed by atoms with Gasteiger partial charge in [-0.05, 0) is 13.3 Å². The van der Waals surface area contributed by atoms with Crippen molar-refractivity contribution in [3.8, 4) is 0 Å². The van der Waals surface area contributed by atoms with Crippen LogP contribution in [0.5, 0.6) is 0 Å². The number of hydrogen-bond acceptors (Lipinski definition) is 4. The summed E-state index contributed by atoms with van der Waals surface area (Å²) in [6.07, 6.45) is 4.40. The number of nitrogens with one attached hydrogen (secondary N) is 1. The average molecular weight is 278 g/mol. The second-order valence-electron chi connectivity index (χ2n) is 3.78. The van der Waals surface area contributed by atoms with E-state index in [-0.39, 0.29) is 6.42 Å². The zero-order valence-electron chi connectivity index (χ0n) is 10.6. The van der Waals surface area contributed by atoms with Gasteiger partial charge in [0, 0.05) is 7.05 Å². The van der Waals surface area contributed by atoms with Crippen molar-refractivity contribution < 1.29 is 23.1 Å². The summed E-state index contributed by atoms with van der Waals surface area (Å²) in [7, 11) is -2.21. The Balaban J connectivity index is 4.48. The molecule has 0 saturated carbocycles. The third kappa shape index (κ3) is 6.36. The number of carbonyl (C=O) groups excluding carboxylic acids is 1. The fourth-order valence-electron chi connectivity index (χ4n) is 1.05. The molecule has 0 aromatic heterocycles. The van der Waals surface area contributed by atoms with Crippen LogP contribution in [0.4, 0.5) is 0 Å². The van der Waals surface area contributed by atoms with Crippen LogP contribution in [0.15, 0.2) is 12.2 Å². The Morgan fingerprint density at radius 1 is 1.44 bits per heavy atom. The number of likely N-dealkylation sites (N-methyl/N-ethyl adjacent to an activating group) is 1. The number of nitrogens with zero attached hydrogens (tertiary/aromatic N) is 1. The Morgan fingerprint density at radius 2 is 2.00 bits per heavy atom. The van der Waals surface area contributed by atoms with E-state index in [0.717, 1.165) is 10.6 Å². The third-order valence-corrected chi connectivity index (χ3v) is 3.43. The highest BCUT2D eigenvalue weighted by molar-refractivity contribution is 7.88. The minimum absolute atomic E-state index is 0.153. The number of hydrogen-bond donors (Lipinski definition) is 2. The van der Waals surface area contributed by atoms with E-state index in [1.54, 1.807) is 19.1 Å². The van der Waals surface area contributed by atoms with Crippen LogP contribution in [0.1, 0.15) is 13.3 Å². The zero-order valence-corrected chi connectivity index (χ0v) is 11.4. The van der Waals surface area contributed by atoms with Crippen molar-refractivity contribution in [1.82, 2.24) is 9.62 Å². The van der Waals surface area contributed by atoms with Gasteiger partial charge in [-0.15, -0.1) is 0 Å². The fraction of sp³-hybridized carbons (Fsp3) is 0.600. The lowest BCUT2D eigenvalue weighted by Crippen LogP contribution is -2.45. The number of sulfonamides is 1. The Bertz CT molecular complexity index is 430. The predicted molar refractivity (Wildman–Crippen MR) is 66.5 cm³/mol. The van der Waals surface area contributed by atoms with Gasteiger partial charge in [-0.2, -0.15) is 4.31 Å². The lowest BCUT2D eigenvalue weighted by atomic mass is 10.2. The van der Waals surface area contributed by atoms with Gasteiger partial charge >= 0.3 is 5.97 Å². The van der Waals surface area contributed by atoms with Crippen LogP contribution < -0.4 is 5.32 Å². The molecule has 8 heteroatoms. The maximum Gasteiger partial charge on any atom is 0.326 e. The summed E-state index contributed by atoms with van der Waals surface area (Å²) in [6.45, 7) is 1.33. The van der Waals surface area contributed by atoms with Crippen LogP contribution in [-0.4, -0.2) is 55.6 Å². The quantitative estimate of drug-likeness (QED) is 0.606. The zero-order chi connectivity index (χ0) is 14.3. The Morgan fingerprint density at radius 3 is 2.39 bits per heavy atom. The van der Waals surface area contributed by atoms with Crippen molar-refractivity contribution in [2.75, 3.05) is 19.8 Å². The van der Waals surface area contributed by atoms with Crippen LogP contribution in [0.2, 0.25) is 0 Å². The van der Waals surface area contributed by atoms with Crippen molar-refractivity contribution in [3.63, 3.8) is 0 Å². The first-order chi connectivity index (χ1) is 8.18. The van der Waals surface area contributed by atoms with Crippen molar-refractivity contribution >= 4 is 21.9 Å². The second kappa shape index (κ2) is 7.12. The Hall–Kier alpha value is -1.41. The number of allylic oxidation sites excluding steroid dienone is 1. The molecule has 0 bridgehead atoms. The molecule has 0 aliphatic carbocycles. The van der Waals surface area contributed by atoms with Gasteiger partial charge in [-0.3, -0.25) is 4.79 Å². The van der Waals surface area contributed by atoms with Gasteiger partial charge in [0.05, 0.1) is 12.8 Å². The van der Waals surface area contributed by atoms with E-state index >= 15 is 0 Å². The van der Waals surface area contributed by atoms with Crippen LogP contribution in [0.3, 0.4) is 0 Å². The van der Waals surface area contributed by atoms with Crippen molar-refractivity contribution in [1.29, 1.82) is 0 Å². The summed E-state index contributed by atoms with van der Waals surface area (Å²) in [5.41, 5.74) is 0. The Labute approximate surface area is 107 Å². The molecule has 0 aromatic rings. The van der Waals surface area contributed by atoms with Gasteiger partial charge in [0.1, 0.15) is 6.04 Å². The fourth-order valence-corrected chi connectivity index (χ4v) is 1.40. The summed E-state index contributed by atoms with van der Waals surface area (Å²) in [6, 6.07) is -1.05. The Kier molecular flexibility index (Phi) is 6.56. The second-order valence-corrected chi connectivity index (χ2v) is 5.87. The SMILES string of the molecule is C/C=C/CC(NC(=O)CN(C)S(C)(=O)=O)C(=O)O. The van der Waals surface area contributed by atoms with E-state index in [1.165, 1.54) is 7.05 Å². The number of aliphatic carboxylic acids is 1. The molecular weight excluding hydrogens is 260 g/mol. The highest BCUT2D eigenvalue weighted by atomic mass is 32.2. The molecule has 1 atom stereocenters. The smallest absolute Gasteiger partial charge is 0.326 e. The topological polar surface area (TPSA) is 104 Å². The van der Waals surface area contributed by atoms with Crippen LogP contribution >= 0.6 is 0 Å². The van der Waals surface area contributed by atoms with E-state index in [4.69, 9.17) is 5.11 Å². The van der Waals surface area contributed by atoms with E-state index in [2.05, 4.69) is 5.32 Å². The van der Waals surface area contributed by atoms with Gasteiger partial charge < -0.3 is 10.4 Å². The van der Waals surface area contributed by atoms with Crippen molar-refractivity contribution in [3.05, 3.63) is 12.2 Å². The van der Waals surface area contributed by atoms with Gasteiger partial charge in [0.25, 0.3) is 0 Å². The van der Waals surface area contributed by atoms with Crippen LogP contribution in [0.25, 0.3) is 0 Å². The summed E-state index contributed by atoms with van der Waals surface area (Å²) in [5, 5.41) is 11.1. The van der Waals surface area contributed by atoms with Crippen molar-refractivity contribution in [2.45, 2.75) is 19.4 Å². The molecule has 0 aliphatic heterocycles. The summed E-state index contributed by atoms with van der Waals surface area (Å²) >= 11 is 0. The maximum absolute atomic E-state index is 11.5. The predicted octanol–water partition coefficient (Wildman–Crippen LogP) is -0.587. The van der Waals surface area contributed by atoms with Gasteiger partial charge in [-0.1, -0.05) is 12.2 Å². The van der Waals surface area contributed by atoms with E-state index in [1.807, 2.05) is 0 Å². The highest BCUT2D eigenvalue weighted by Gasteiger charge is 2.21. The monoisotopic (exact) mass is 278 g/mol. The van der Waals surface area contributed by atoms with Gasteiger partial charge in [-0.25, -0.2) is 13.2 Å². The molecule has 0 aromatic carbocycles. The number of carboxylic acid groups (broad SMARTS) is 1. The minimum Gasteiger partial charge on any atom is -0.480 e. The van der Waals surface area contributed by atoms with Crippen LogP contribution in [0, 0.1) is 0 Å². The van der Waals surface area contributed by atoms with E-state index < -0.39 is 34.5 Å². The molecule has 7 nitrogen and oxygen atoms in total. The molecule has 2 N–H and O–H groups in total. The van der Waals surface area contributed by atoms with Gasteiger partial charge in [0.15, 0.2) is 0 Å². The summed E-state index contributed by atoms with van der Waals surface area (Å²) in [5.74, 6) is -1.82. The summed E-state index contributed by atoms with van der Waals surface area (Å²) < 4.78 is 23.0. The normalized spacial score (nSPS) is 13.8. The average Bonchev–Trinajstić information content (AvgIpc) is 2.22. The molecule has 1 unspecified atom stereocenters. The van der Waals surface area contributed by atoms with Crippen LogP contribution in [-0.2, 0) is 19.6 Å². The molecule has 1 amide bonds. The first-order valence-corrected chi connectivity index (χ1v) is 7.08. The van der Waals surface area contributed by atoms with E-state index in [9.17, 15) is 18.0 Å². The number of carbonyl (C=O) groups is 2. The van der Waals surface area contributed by atoms with Gasteiger partial charge in [0.2, 0.25) is 15.9 Å². The molecular formula is C10H18N2O5S. The lowest BCUT2D eigenvalue weighted by molar-refractivity contribution is -0.141. The molecule has 0 spiro atoms. The lowest BCUT2D eigenvalue weighted by Gasteiger charge is -2.16. The highest BCUT2D eigenvalue weighted by Crippen LogP contribution is 1.97. The largest absolute Gasteiger partial charge is 0.480 e. The molecule has 0 aliphatic rings. The molecule has 18 heavy (non-hydrogen) atoms. The standard InChI is InChI=1S/C10H18N2O5S/c1-4-5-6-8(10(14)15)11-9(13)7-12(2)18(3,16)17/h4-5,8H,6-7H2,1-3H3,(H,11,13)(H,14,15)/b5-4+. The first-order valence-electron chi connectivity index (χ1n) is 5.23. The molecule has 0 fully saturated rings. The first kappa shape index (κ1) is 16.6. The number of rotatable bonds is 7. The molecule has 0 rings (SSSR count). The minimum atomic E-state index is -3.46. The van der Waals surface area contributed by atoms with Crippen molar-refractivity contribution in [2.24, 2.45) is 0 Å². The molecule has 0 heterocycles. The summed E-state index contributed by atoms with van der Waals surface area (Å²) in [4.78, 5) is 22.3. The number of carboxylic acids is 1. The third-order valence-electron chi connectivity index (χ3n) is 2.17. The molecule has 104 valence electrons. The maximum atomic E-state index is 11.5.